The average Bonchev–Trinajstić information content (AvgIpc) is 2.58. The molecule has 1 aliphatic rings. The average molecular weight is 149 g/mol. The van der Waals surface area contributed by atoms with Gasteiger partial charge in [0.1, 0.15) is 6.04 Å². The van der Waals surface area contributed by atoms with Crippen LogP contribution in [0.1, 0.15) is 24.6 Å². The van der Waals surface area contributed by atoms with E-state index >= 15 is 0 Å². The van der Waals surface area contributed by atoms with E-state index in [0.717, 1.165) is 0 Å². The van der Waals surface area contributed by atoms with E-state index in [4.69, 9.17) is 0 Å². The van der Waals surface area contributed by atoms with Gasteiger partial charge in [-0.15, -0.1) is 0 Å². The molecule has 11 heavy (non-hydrogen) atoms. The fourth-order valence-electron chi connectivity index (χ4n) is 1.64. The zero-order chi connectivity index (χ0) is 7.52. The van der Waals surface area contributed by atoms with E-state index < -0.39 is 0 Å². The number of pyridine rings is 1. The molecular formula is C9H13N2+. The molecule has 0 bridgehead atoms. The van der Waals surface area contributed by atoms with E-state index in [1.165, 1.54) is 25.1 Å². The van der Waals surface area contributed by atoms with Gasteiger partial charge in [0, 0.05) is 19.0 Å². The number of nitrogens with zero attached hydrogens (tertiary/aromatic N) is 1. The lowest BCUT2D eigenvalue weighted by Gasteiger charge is -2.04. The zero-order valence-corrected chi connectivity index (χ0v) is 6.53. The van der Waals surface area contributed by atoms with E-state index in [2.05, 4.69) is 22.4 Å². The van der Waals surface area contributed by atoms with E-state index in [-0.39, 0.29) is 0 Å². The molecule has 0 aliphatic carbocycles. The highest BCUT2D eigenvalue weighted by atomic mass is 15.0. The highest BCUT2D eigenvalue weighted by molar-refractivity contribution is 5.06. The molecule has 1 aliphatic heterocycles. The van der Waals surface area contributed by atoms with Crippen molar-refractivity contribution in [2.24, 2.45) is 0 Å². The minimum absolute atomic E-state index is 0.635. The van der Waals surface area contributed by atoms with E-state index in [1.54, 1.807) is 0 Å². The molecule has 1 atom stereocenters. The highest BCUT2D eigenvalue weighted by Gasteiger charge is 2.20. The Kier molecular flexibility index (Phi) is 1.86. The van der Waals surface area contributed by atoms with Crippen molar-refractivity contribution < 1.29 is 5.32 Å². The number of hydrogen-bond acceptors (Lipinski definition) is 1. The summed E-state index contributed by atoms with van der Waals surface area (Å²) in [6.45, 7) is 1.27. The van der Waals surface area contributed by atoms with Gasteiger partial charge in [-0.3, -0.25) is 4.98 Å². The van der Waals surface area contributed by atoms with Crippen molar-refractivity contribution in [3.05, 3.63) is 30.1 Å². The van der Waals surface area contributed by atoms with Crippen LogP contribution in [0.3, 0.4) is 0 Å². The Morgan fingerprint density at radius 1 is 1.45 bits per heavy atom. The van der Waals surface area contributed by atoms with E-state index in [1.807, 2.05) is 12.3 Å². The second-order valence-corrected chi connectivity index (χ2v) is 3.03. The predicted octanol–water partition coefficient (Wildman–Crippen LogP) is 0.480. The maximum absolute atomic E-state index is 4.33. The Labute approximate surface area is 66.7 Å². The van der Waals surface area contributed by atoms with E-state index in [9.17, 15) is 0 Å². The molecule has 1 saturated heterocycles. The Balaban J connectivity index is 2.16. The van der Waals surface area contributed by atoms with Crippen molar-refractivity contribution in [3.8, 4) is 0 Å². The molecule has 0 unspecified atom stereocenters. The summed E-state index contributed by atoms with van der Waals surface area (Å²) in [6.07, 6.45) is 4.50. The van der Waals surface area contributed by atoms with Crippen molar-refractivity contribution in [2.45, 2.75) is 18.9 Å². The third-order valence-electron chi connectivity index (χ3n) is 2.24. The molecule has 0 saturated carbocycles. The standard InChI is InChI=1S/C9H12N2/c1-2-6-10-8(4-1)9-5-3-7-11-9/h1-2,4,6,9,11H,3,5,7H2/p+1/t9-/m1/s1. The quantitative estimate of drug-likeness (QED) is 0.618. The summed E-state index contributed by atoms with van der Waals surface area (Å²) in [5.74, 6) is 0. The second-order valence-electron chi connectivity index (χ2n) is 3.03. The molecule has 2 nitrogen and oxygen atoms in total. The van der Waals surface area contributed by atoms with Crippen LogP contribution in [-0.2, 0) is 0 Å². The van der Waals surface area contributed by atoms with Gasteiger partial charge in [-0.25, -0.2) is 0 Å². The van der Waals surface area contributed by atoms with Gasteiger partial charge in [-0.1, -0.05) is 6.07 Å². The van der Waals surface area contributed by atoms with Gasteiger partial charge in [0.15, 0.2) is 0 Å². The van der Waals surface area contributed by atoms with Gasteiger partial charge < -0.3 is 5.32 Å². The van der Waals surface area contributed by atoms with Crippen LogP contribution in [-0.4, -0.2) is 11.5 Å². The van der Waals surface area contributed by atoms with Gasteiger partial charge in [0.05, 0.1) is 12.2 Å². The highest BCUT2D eigenvalue weighted by Crippen LogP contribution is 2.13. The molecule has 2 heteroatoms. The topological polar surface area (TPSA) is 29.5 Å². The molecule has 1 fully saturated rings. The molecule has 0 spiro atoms. The minimum Gasteiger partial charge on any atom is -0.339 e. The van der Waals surface area contributed by atoms with Gasteiger partial charge >= 0.3 is 0 Å². The van der Waals surface area contributed by atoms with Gasteiger partial charge in [-0.2, -0.15) is 0 Å². The molecule has 1 aromatic rings. The Hall–Kier alpha value is -0.890. The summed E-state index contributed by atoms with van der Waals surface area (Å²) in [7, 11) is 0. The normalized spacial score (nSPS) is 23.8. The van der Waals surface area contributed by atoms with Crippen molar-refractivity contribution in [3.63, 3.8) is 0 Å². The molecule has 2 heterocycles. The Morgan fingerprint density at radius 3 is 3.09 bits per heavy atom. The van der Waals surface area contributed by atoms with Crippen LogP contribution < -0.4 is 5.32 Å². The van der Waals surface area contributed by atoms with Crippen LogP contribution in [0.15, 0.2) is 24.4 Å². The van der Waals surface area contributed by atoms with Gasteiger partial charge in [-0.05, 0) is 12.1 Å². The SMILES string of the molecule is c1ccc([C@H]2CCC[NH2+]2)nc1. The Bertz CT molecular complexity index is 214. The van der Waals surface area contributed by atoms with Crippen molar-refractivity contribution in [1.82, 2.24) is 4.98 Å². The first-order valence-corrected chi connectivity index (χ1v) is 4.21. The van der Waals surface area contributed by atoms with Crippen LogP contribution in [0, 0.1) is 0 Å². The van der Waals surface area contributed by atoms with Crippen molar-refractivity contribution in [1.29, 1.82) is 0 Å². The monoisotopic (exact) mass is 149 g/mol. The number of aromatic nitrogens is 1. The first-order chi connectivity index (χ1) is 5.47. The van der Waals surface area contributed by atoms with Crippen LogP contribution in [0.5, 0.6) is 0 Å². The molecule has 0 amide bonds. The lowest BCUT2D eigenvalue weighted by atomic mass is 10.1. The third-order valence-corrected chi connectivity index (χ3v) is 2.24. The van der Waals surface area contributed by atoms with Crippen LogP contribution in [0.2, 0.25) is 0 Å². The summed E-state index contributed by atoms with van der Waals surface area (Å²) < 4.78 is 0. The fraction of sp³-hybridized carbons (Fsp3) is 0.444. The van der Waals surface area contributed by atoms with Crippen LogP contribution >= 0.6 is 0 Å². The first-order valence-electron chi connectivity index (χ1n) is 4.21. The maximum atomic E-state index is 4.33. The van der Waals surface area contributed by atoms with Gasteiger partial charge in [0.25, 0.3) is 0 Å². The minimum atomic E-state index is 0.635. The summed E-state index contributed by atoms with van der Waals surface area (Å²) >= 11 is 0. The largest absolute Gasteiger partial charge is 0.339 e. The summed E-state index contributed by atoms with van der Waals surface area (Å²) in [5, 5.41) is 2.38. The first kappa shape index (κ1) is 6.80. The number of rotatable bonds is 1. The molecule has 1 aromatic heterocycles. The Morgan fingerprint density at radius 2 is 2.45 bits per heavy atom. The third kappa shape index (κ3) is 1.40. The smallest absolute Gasteiger partial charge is 0.129 e. The molecule has 2 N–H and O–H groups in total. The molecule has 0 aromatic carbocycles. The van der Waals surface area contributed by atoms with E-state index in [0.29, 0.717) is 6.04 Å². The van der Waals surface area contributed by atoms with Crippen LogP contribution in [0.25, 0.3) is 0 Å². The van der Waals surface area contributed by atoms with Gasteiger partial charge in [0.2, 0.25) is 0 Å². The molecule has 58 valence electrons. The fourth-order valence-corrected chi connectivity index (χ4v) is 1.64. The molecular weight excluding hydrogens is 136 g/mol. The number of hydrogen-bond donors (Lipinski definition) is 1. The zero-order valence-electron chi connectivity index (χ0n) is 6.53. The van der Waals surface area contributed by atoms with Crippen molar-refractivity contribution >= 4 is 0 Å². The summed E-state index contributed by atoms with van der Waals surface area (Å²) in [5.41, 5.74) is 1.24. The lowest BCUT2D eigenvalue weighted by Crippen LogP contribution is -2.81. The number of nitrogens with two attached hydrogens (primary N) is 1. The summed E-state index contributed by atoms with van der Waals surface area (Å²) in [4.78, 5) is 4.33. The molecule has 2 rings (SSSR count). The second kappa shape index (κ2) is 3.01. The summed E-state index contributed by atoms with van der Waals surface area (Å²) in [6, 6.07) is 6.79. The van der Waals surface area contributed by atoms with Crippen molar-refractivity contribution in [2.75, 3.05) is 6.54 Å². The lowest BCUT2D eigenvalue weighted by molar-refractivity contribution is -0.676. The predicted molar refractivity (Wildman–Crippen MR) is 43.0 cm³/mol. The molecule has 0 radical (unpaired) electrons. The maximum Gasteiger partial charge on any atom is 0.129 e. The van der Waals surface area contributed by atoms with Crippen LogP contribution in [0.4, 0.5) is 0 Å². The number of quaternary nitrogens is 1.